The Hall–Kier alpha value is -2.21. The monoisotopic (exact) mass is 364 g/mol. The van der Waals surface area contributed by atoms with Crippen molar-refractivity contribution in [2.45, 2.75) is 19.1 Å². The summed E-state index contributed by atoms with van der Waals surface area (Å²) in [5.74, 6) is 0.812. The molecular formula is C20H23F3N2O. The van der Waals surface area contributed by atoms with E-state index in [1.807, 2.05) is 23.1 Å². The van der Waals surface area contributed by atoms with Crippen LogP contribution in [-0.2, 0) is 6.18 Å². The van der Waals surface area contributed by atoms with Gasteiger partial charge >= 0.3 is 6.18 Å². The van der Waals surface area contributed by atoms with Crippen LogP contribution in [0.3, 0.4) is 0 Å². The topological polar surface area (TPSA) is 15.7 Å². The lowest BCUT2D eigenvalue weighted by Gasteiger charge is -2.40. The molecule has 1 heterocycles. The van der Waals surface area contributed by atoms with Crippen LogP contribution in [0.4, 0.5) is 18.9 Å². The highest BCUT2D eigenvalue weighted by atomic mass is 19.4. The first-order valence-corrected chi connectivity index (χ1v) is 8.69. The van der Waals surface area contributed by atoms with Crippen molar-refractivity contribution < 1.29 is 17.9 Å². The SMILES string of the molecule is COc1cccc(C(C)N2CCN(c3ccccc3C(F)(F)F)CC2)c1. The van der Waals surface area contributed by atoms with Crippen molar-refractivity contribution in [3.8, 4) is 5.75 Å². The van der Waals surface area contributed by atoms with Gasteiger partial charge in [0.05, 0.1) is 12.7 Å². The number of halogens is 3. The van der Waals surface area contributed by atoms with Gasteiger partial charge in [-0.05, 0) is 36.8 Å². The van der Waals surface area contributed by atoms with Gasteiger partial charge in [0.15, 0.2) is 0 Å². The molecule has 0 radical (unpaired) electrons. The number of para-hydroxylation sites is 1. The van der Waals surface area contributed by atoms with Crippen molar-refractivity contribution in [1.82, 2.24) is 4.90 Å². The third kappa shape index (κ3) is 3.96. The summed E-state index contributed by atoms with van der Waals surface area (Å²) in [4.78, 5) is 4.12. The molecule has 3 rings (SSSR count). The molecule has 140 valence electrons. The molecule has 2 aromatic rings. The first kappa shape index (κ1) is 18.6. The maximum Gasteiger partial charge on any atom is 0.418 e. The van der Waals surface area contributed by atoms with Crippen molar-refractivity contribution in [3.63, 3.8) is 0 Å². The van der Waals surface area contributed by atoms with Crippen molar-refractivity contribution >= 4 is 5.69 Å². The maximum absolute atomic E-state index is 13.3. The first-order valence-electron chi connectivity index (χ1n) is 8.69. The Bertz CT molecular complexity index is 740. The Balaban J connectivity index is 1.70. The van der Waals surface area contributed by atoms with Crippen LogP contribution in [0.2, 0.25) is 0 Å². The van der Waals surface area contributed by atoms with E-state index in [0.29, 0.717) is 26.2 Å². The van der Waals surface area contributed by atoms with Crippen LogP contribution >= 0.6 is 0 Å². The summed E-state index contributed by atoms with van der Waals surface area (Å²) < 4.78 is 45.0. The van der Waals surface area contributed by atoms with Gasteiger partial charge in [0, 0.05) is 37.9 Å². The zero-order chi connectivity index (χ0) is 18.7. The Morgan fingerprint density at radius 2 is 1.65 bits per heavy atom. The van der Waals surface area contributed by atoms with E-state index >= 15 is 0 Å². The molecule has 0 bridgehead atoms. The largest absolute Gasteiger partial charge is 0.497 e. The quantitative estimate of drug-likeness (QED) is 0.789. The minimum absolute atomic E-state index is 0.185. The highest BCUT2D eigenvalue weighted by Gasteiger charge is 2.35. The Kier molecular flexibility index (Phi) is 5.41. The van der Waals surface area contributed by atoms with E-state index in [2.05, 4.69) is 17.9 Å². The molecule has 1 aliphatic rings. The molecule has 1 fully saturated rings. The van der Waals surface area contributed by atoms with Crippen LogP contribution in [0.25, 0.3) is 0 Å². The van der Waals surface area contributed by atoms with Gasteiger partial charge in [-0.2, -0.15) is 13.2 Å². The predicted octanol–water partition coefficient (Wildman–Crippen LogP) is 4.60. The fourth-order valence-corrected chi connectivity index (χ4v) is 3.45. The summed E-state index contributed by atoms with van der Waals surface area (Å²) in [6, 6.07) is 13.9. The number of piperazine rings is 1. The summed E-state index contributed by atoms with van der Waals surface area (Å²) in [6.45, 7) is 4.69. The van der Waals surface area contributed by atoms with Crippen LogP contribution < -0.4 is 9.64 Å². The number of rotatable bonds is 4. The highest BCUT2D eigenvalue weighted by Crippen LogP contribution is 2.37. The second-order valence-corrected chi connectivity index (χ2v) is 6.49. The van der Waals surface area contributed by atoms with Crippen LogP contribution in [0.1, 0.15) is 24.1 Å². The maximum atomic E-state index is 13.3. The lowest BCUT2D eigenvalue weighted by Crippen LogP contribution is -2.47. The number of hydrogen-bond acceptors (Lipinski definition) is 3. The van der Waals surface area contributed by atoms with Gasteiger partial charge in [0.2, 0.25) is 0 Å². The Morgan fingerprint density at radius 3 is 2.31 bits per heavy atom. The summed E-state index contributed by atoms with van der Waals surface area (Å²) in [5, 5.41) is 0. The van der Waals surface area contributed by atoms with Gasteiger partial charge in [0.25, 0.3) is 0 Å². The minimum atomic E-state index is -4.33. The van der Waals surface area contributed by atoms with Gasteiger partial charge in [-0.15, -0.1) is 0 Å². The normalized spacial score (nSPS) is 17.2. The highest BCUT2D eigenvalue weighted by molar-refractivity contribution is 5.55. The van der Waals surface area contributed by atoms with Gasteiger partial charge in [-0.1, -0.05) is 24.3 Å². The number of benzene rings is 2. The molecule has 26 heavy (non-hydrogen) atoms. The molecule has 0 spiro atoms. The van der Waals surface area contributed by atoms with E-state index in [0.717, 1.165) is 17.4 Å². The lowest BCUT2D eigenvalue weighted by atomic mass is 10.0. The zero-order valence-electron chi connectivity index (χ0n) is 15.0. The Morgan fingerprint density at radius 1 is 0.962 bits per heavy atom. The van der Waals surface area contributed by atoms with Gasteiger partial charge in [-0.25, -0.2) is 0 Å². The molecule has 2 aromatic carbocycles. The molecule has 0 saturated carbocycles. The Labute approximate surface area is 152 Å². The molecule has 0 aromatic heterocycles. The molecule has 1 atom stereocenters. The summed E-state index contributed by atoms with van der Waals surface area (Å²) in [6.07, 6.45) is -4.33. The van der Waals surface area contributed by atoms with Crippen LogP contribution in [-0.4, -0.2) is 38.2 Å². The number of methoxy groups -OCH3 is 1. The van der Waals surface area contributed by atoms with E-state index in [-0.39, 0.29) is 11.7 Å². The molecule has 1 saturated heterocycles. The van der Waals surface area contributed by atoms with E-state index in [4.69, 9.17) is 4.74 Å². The fourth-order valence-electron chi connectivity index (χ4n) is 3.45. The predicted molar refractivity (Wildman–Crippen MR) is 96.6 cm³/mol. The number of alkyl halides is 3. The van der Waals surface area contributed by atoms with Crippen molar-refractivity contribution in [2.24, 2.45) is 0 Å². The fraction of sp³-hybridized carbons (Fsp3) is 0.400. The van der Waals surface area contributed by atoms with Crippen LogP contribution in [0.5, 0.6) is 5.75 Å². The second-order valence-electron chi connectivity index (χ2n) is 6.49. The zero-order valence-corrected chi connectivity index (χ0v) is 15.0. The smallest absolute Gasteiger partial charge is 0.418 e. The molecule has 0 N–H and O–H groups in total. The second kappa shape index (κ2) is 7.58. The van der Waals surface area contributed by atoms with E-state index < -0.39 is 11.7 Å². The summed E-state index contributed by atoms with van der Waals surface area (Å²) in [5.41, 5.74) is 0.858. The van der Waals surface area contributed by atoms with E-state index in [1.54, 1.807) is 19.2 Å². The van der Waals surface area contributed by atoms with Crippen molar-refractivity contribution in [3.05, 3.63) is 59.7 Å². The molecule has 1 unspecified atom stereocenters. The standard InChI is InChI=1S/C20H23F3N2O/c1-15(16-6-5-7-17(14-16)26-2)24-10-12-25(13-11-24)19-9-4-3-8-18(19)20(21,22)23/h3-9,14-15H,10-13H2,1-2H3. The van der Waals surface area contributed by atoms with E-state index in [1.165, 1.54) is 6.07 Å². The van der Waals surface area contributed by atoms with Crippen molar-refractivity contribution in [1.29, 1.82) is 0 Å². The minimum Gasteiger partial charge on any atom is -0.497 e. The van der Waals surface area contributed by atoms with Crippen LogP contribution in [0.15, 0.2) is 48.5 Å². The molecule has 1 aliphatic heterocycles. The van der Waals surface area contributed by atoms with Gasteiger partial charge < -0.3 is 9.64 Å². The van der Waals surface area contributed by atoms with Gasteiger partial charge in [0.1, 0.15) is 5.75 Å². The number of nitrogens with zero attached hydrogens (tertiary/aromatic N) is 2. The van der Waals surface area contributed by atoms with E-state index in [9.17, 15) is 13.2 Å². The number of hydrogen-bond donors (Lipinski definition) is 0. The first-order chi connectivity index (χ1) is 12.4. The van der Waals surface area contributed by atoms with Gasteiger partial charge in [-0.3, -0.25) is 4.90 Å². The third-order valence-corrected chi connectivity index (χ3v) is 4.99. The summed E-state index contributed by atoms with van der Waals surface area (Å²) >= 11 is 0. The average molecular weight is 364 g/mol. The molecule has 6 heteroatoms. The average Bonchev–Trinajstić information content (AvgIpc) is 2.67. The molecule has 0 aliphatic carbocycles. The summed E-state index contributed by atoms with van der Waals surface area (Å²) in [7, 11) is 1.64. The van der Waals surface area contributed by atoms with Crippen molar-refractivity contribution in [2.75, 3.05) is 38.2 Å². The molecule has 0 amide bonds. The molecule has 3 nitrogen and oxygen atoms in total. The third-order valence-electron chi connectivity index (χ3n) is 4.99. The van der Waals surface area contributed by atoms with Crippen LogP contribution in [0, 0.1) is 0 Å². The molecular weight excluding hydrogens is 341 g/mol. The number of ether oxygens (including phenoxy) is 1. The number of anilines is 1. The lowest BCUT2D eigenvalue weighted by molar-refractivity contribution is -0.137.